The van der Waals surface area contributed by atoms with Gasteiger partial charge in [-0.25, -0.2) is 4.39 Å². The summed E-state index contributed by atoms with van der Waals surface area (Å²) in [5.74, 6) is -0.340. The van der Waals surface area contributed by atoms with E-state index in [4.69, 9.17) is 11.6 Å². The number of nitrogens with one attached hydrogen (secondary N) is 1. The quantitative estimate of drug-likeness (QED) is 0.923. The van der Waals surface area contributed by atoms with E-state index in [0.29, 0.717) is 11.6 Å². The number of hydrogen-bond donors (Lipinski definition) is 1. The zero-order valence-corrected chi connectivity index (χ0v) is 11.1. The van der Waals surface area contributed by atoms with Crippen LogP contribution in [0.25, 0.3) is 11.3 Å². The summed E-state index contributed by atoms with van der Waals surface area (Å²) in [5, 5.41) is 8.02. The number of aromatic nitrogens is 2. The zero-order chi connectivity index (χ0) is 13.1. The lowest BCUT2D eigenvalue weighted by atomic mass is 10.1. The predicted octanol–water partition coefficient (Wildman–Crippen LogP) is 2.99. The van der Waals surface area contributed by atoms with E-state index in [9.17, 15) is 4.39 Å². The van der Waals surface area contributed by atoms with E-state index in [1.165, 1.54) is 12.1 Å². The molecule has 18 heavy (non-hydrogen) atoms. The van der Waals surface area contributed by atoms with Crippen molar-refractivity contribution in [2.24, 2.45) is 7.05 Å². The van der Waals surface area contributed by atoms with Gasteiger partial charge >= 0.3 is 0 Å². The van der Waals surface area contributed by atoms with E-state index in [1.807, 2.05) is 20.2 Å². The Balaban J connectivity index is 2.42. The molecule has 5 heteroatoms. The Morgan fingerprint density at radius 1 is 1.44 bits per heavy atom. The molecular formula is C13H15ClFN3. The van der Waals surface area contributed by atoms with Crippen molar-refractivity contribution in [1.29, 1.82) is 0 Å². The molecule has 0 unspecified atom stereocenters. The van der Waals surface area contributed by atoms with Gasteiger partial charge in [-0.3, -0.25) is 4.68 Å². The second-order valence-corrected chi connectivity index (χ2v) is 4.49. The van der Waals surface area contributed by atoms with Crippen molar-refractivity contribution in [2.75, 3.05) is 6.54 Å². The Morgan fingerprint density at radius 3 is 2.89 bits per heavy atom. The third-order valence-electron chi connectivity index (χ3n) is 2.66. The Kier molecular flexibility index (Phi) is 3.99. The van der Waals surface area contributed by atoms with Crippen LogP contribution in [0, 0.1) is 5.82 Å². The minimum atomic E-state index is -0.340. The fourth-order valence-corrected chi connectivity index (χ4v) is 2.09. The van der Waals surface area contributed by atoms with E-state index in [1.54, 1.807) is 10.7 Å². The summed E-state index contributed by atoms with van der Waals surface area (Å²) >= 11 is 6.07. The molecule has 0 aliphatic carbocycles. The SMILES string of the molecule is CCNCc1cn(C)nc1-c1ccc(F)cc1Cl. The topological polar surface area (TPSA) is 29.9 Å². The van der Waals surface area contributed by atoms with Gasteiger partial charge in [-0.05, 0) is 24.7 Å². The second-order valence-electron chi connectivity index (χ2n) is 4.08. The summed E-state index contributed by atoms with van der Waals surface area (Å²) in [7, 11) is 1.86. The first kappa shape index (κ1) is 13.1. The summed E-state index contributed by atoms with van der Waals surface area (Å²) in [6, 6.07) is 4.37. The monoisotopic (exact) mass is 267 g/mol. The van der Waals surface area contributed by atoms with E-state index in [-0.39, 0.29) is 5.82 Å². The van der Waals surface area contributed by atoms with Gasteiger partial charge in [-0.1, -0.05) is 18.5 Å². The standard InChI is InChI=1S/C13H15ClFN3/c1-3-16-7-9-8-18(2)17-13(9)11-5-4-10(15)6-12(11)14/h4-6,8,16H,3,7H2,1-2H3. The molecule has 0 bridgehead atoms. The van der Waals surface area contributed by atoms with Gasteiger partial charge in [0.15, 0.2) is 0 Å². The number of hydrogen-bond acceptors (Lipinski definition) is 2. The Bertz CT molecular complexity index is 551. The van der Waals surface area contributed by atoms with Crippen LogP contribution in [0.5, 0.6) is 0 Å². The minimum Gasteiger partial charge on any atom is -0.313 e. The van der Waals surface area contributed by atoms with Crippen molar-refractivity contribution in [3.63, 3.8) is 0 Å². The second kappa shape index (κ2) is 5.50. The molecular weight excluding hydrogens is 253 g/mol. The number of aryl methyl sites for hydroxylation is 1. The summed E-state index contributed by atoms with van der Waals surface area (Å²) < 4.78 is 14.8. The van der Waals surface area contributed by atoms with Gasteiger partial charge in [-0.15, -0.1) is 0 Å². The highest BCUT2D eigenvalue weighted by Crippen LogP contribution is 2.29. The van der Waals surface area contributed by atoms with Gasteiger partial charge in [0.05, 0.1) is 10.7 Å². The van der Waals surface area contributed by atoms with Crippen LogP contribution in [0.4, 0.5) is 4.39 Å². The molecule has 0 aliphatic heterocycles. The van der Waals surface area contributed by atoms with Crippen molar-refractivity contribution < 1.29 is 4.39 Å². The normalized spacial score (nSPS) is 10.9. The maximum atomic E-state index is 13.0. The van der Waals surface area contributed by atoms with Crippen LogP contribution < -0.4 is 5.32 Å². The smallest absolute Gasteiger partial charge is 0.124 e. The van der Waals surface area contributed by atoms with Crippen molar-refractivity contribution in [3.8, 4) is 11.3 Å². The Morgan fingerprint density at radius 2 is 2.22 bits per heavy atom. The molecule has 2 rings (SSSR count). The van der Waals surface area contributed by atoms with Gasteiger partial charge in [0.2, 0.25) is 0 Å². The summed E-state index contributed by atoms with van der Waals surface area (Å²) in [6.07, 6.45) is 1.94. The molecule has 1 aromatic heterocycles. The molecule has 0 amide bonds. The molecule has 3 nitrogen and oxygen atoms in total. The van der Waals surface area contributed by atoms with Crippen LogP contribution >= 0.6 is 11.6 Å². The maximum absolute atomic E-state index is 13.0. The molecule has 0 spiro atoms. The first-order valence-electron chi connectivity index (χ1n) is 5.80. The lowest BCUT2D eigenvalue weighted by Gasteiger charge is -2.05. The molecule has 0 saturated heterocycles. The predicted molar refractivity (Wildman–Crippen MR) is 71.0 cm³/mol. The largest absolute Gasteiger partial charge is 0.313 e. The molecule has 2 aromatic rings. The average Bonchev–Trinajstić information content (AvgIpc) is 2.67. The van der Waals surface area contributed by atoms with Crippen LogP contribution in [-0.2, 0) is 13.6 Å². The van der Waals surface area contributed by atoms with Gasteiger partial charge in [0, 0.05) is 30.9 Å². The molecule has 0 aliphatic rings. The highest BCUT2D eigenvalue weighted by molar-refractivity contribution is 6.33. The molecule has 1 aromatic carbocycles. The summed E-state index contributed by atoms with van der Waals surface area (Å²) in [5.41, 5.74) is 2.60. The first-order chi connectivity index (χ1) is 8.61. The fraction of sp³-hybridized carbons (Fsp3) is 0.308. The van der Waals surface area contributed by atoms with Gasteiger partial charge in [0.1, 0.15) is 5.82 Å². The molecule has 0 fully saturated rings. The summed E-state index contributed by atoms with van der Waals surface area (Å²) in [4.78, 5) is 0. The average molecular weight is 268 g/mol. The van der Waals surface area contributed by atoms with Gasteiger partial charge in [0.25, 0.3) is 0 Å². The van der Waals surface area contributed by atoms with Crippen LogP contribution in [0.3, 0.4) is 0 Å². The molecule has 96 valence electrons. The fourth-order valence-electron chi connectivity index (χ4n) is 1.83. The van der Waals surface area contributed by atoms with E-state index >= 15 is 0 Å². The number of nitrogens with zero attached hydrogens (tertiary/aromatic N) is 2. The van der Waals surface area contributed by atoms with Crippen LogP contribution in [0.1, 0.15) is 12.5 Å². The third kappa shape index (κ3) is 2.71. The number of halogens is 2. The van der Waals surface area contributed by atoms with Crippen molar-refractivity contribution in [2.45, 2.75) is 13.5 Å². The van der Waals surface area contributed by atoms with Crippen molar-refractivity contribution in [1.82, 2.24) is 15.1 Å². The van der Waals surface area contributed by atoms with Gasteiger partial charge < -0.3 is 5.32 Å². The van der Waals surface area contributed by atoms with Gasteiger partial charge in [-0.2, -0.15) is 5.10 Å². The third-order valence-corrected chi connectivity index (χ3v) is 2.97. The van der Waals surface area contributed by atoms with E-state index in [0.717, 1.165) is 23.4 Å². The molecule has 1 N–H and O–H groups in total. The Hall–Kier alpha value is -1.39. The number of benzene rings is 1. The maximum Gasteiger partial charge on any atom is 0.124 e. The zero-order valence-electron chi connectivity index (χ0n) is 10.4. The lowest BCUT2D eigenvalue weighted by Crippen LogP contribution is -2.11. The highest BCUT2D eigenvalue weighted by atomic mass is 35.5. The lowest BCUT2D eigenvalue weighted by molar-refractivity contribution is 0.628. The minimum absolute atomic E-state index is 0.340. The molecule has 0 atom stereocenters. The Labute approximate surface area is 111 Å². The molecule has 1 heterocycles. The van der Waals surface area contributed by atoms with Crippen LogP contribution in [0.15, 0.2) is 24.4 Å². The molecule has 0 radical (unpaired) electrons. The first-order valence-corrected chi connectivity index (χ1v) is 6.18. The van der Waals surface area contributed by atoms with E-state index < -0.39 is 0 Å². The van der Waals surface area contributed by atoms with E-state index in [2.05, 4.69) is 10.4 Å². The van der Waals surface area contributed by atoms with Crippen LogP contribution in [-0.4, -0.2) is 16.3 Å². The van der Waals surface area contributed by atoms with Crippen LogP contribution in [0.2, 0.25) is 5.02 Å². The number of rotatable bonds is 4. The van der Waals surface area contributed by atoms with Crippen molar-refractivity contribution in [3.05, 3.63) is 40.8 Å². The highest BCUT2D eigenvalue weighted by Gasteiger charge is 2.13. The summed E-state index contributed by atoms with van der Waals surface area (Å²) in [6.45, 7) is 3.64. The van der Waals surface area contributed by atoms with Crippen molar-refractivity contribution >= 4 is 11.6 Å². The molecule has 0 saturated carbocycles.